The number of methoxy groups -OCH3 is 1. The van der Waals surface area contributed by atoms with Crippen molar-refractivity contribution in [1.29, 1.82) is 0 Å². The lowest BCUT2D eigenvalue weighted by Crippen LogP contribution is -2.48. The van der Waals surface area contributed by atoms with E-state index in [1.165, 1.54) is 7.11 Å². The van der Waals surface area contributed by atoms with E-state index < -0.39 is 6.61 Å². The minimum absolute atomic E-state index is 0. The summed E-state index contributed by atoms with van der Waals surface area (Å²) < 4.78 is 34.6. The van der Waals surface area contributed by atoms with E-state index in [0.29, 0.717) is 24.0 Å². The second-order valence-corrected chi connectivity index (χ2v) is 7.34. The molecular formula is C18H28F2IN3O2S. The number of benzene rings is 1. The molecule has 27 heavy (non-hydrogen) atoms. The molecule has 1 aliphatic rings. The fraction of sp³-hybridized carbons (Fsp3) is 0.611. The molecule has 0 aliphatic carbocycles. The Balaban J connectivity index is 0.00000364. The van der Waals surface area contributed by atoms with Crippen LogP contribution in [0, 0.1) is 0 Å². The van der Waals surface area contributed by atoms with Gasteiger partial charge >= 0.3 is 6.61 Å². The zero-order chi connectivity index (χ0) is 18.9. The molecule has 0 radical (unpaired) electrons. The highest BCUT2D eigenvalue weighted by Crippen LogP contribution is 2.29. The normalized spacial score (nSPS) is 17.5. The monoisotopic (exact) mass is 515 g/mol. The first-order chi connectivity index (χ1) is 12.6. The summed E-state index contributed by atoms with van der Waals surface area (Å²) in [6, 6.07) is 5.10. The molecule has 9 heteroatoms. The summed E-state index contributed by atoms with van der Waals surface area (Å²) in [5.74, 6) is 2.35. The number of guanidine groups is 1. The molecule has 1 heterocycles. The predicted molar refractivity (Wildman–Crippen MR) is 118 cm³/mol. The molecule has 0 spiro atoms. The minimum Gasteiger partial charge on any atom is -0.493 e. The van der Waals surface area contributed by atoms with Crippen LogP contribution in [0.1, 0.15) is 18.9 Å². The van der Waals surface area contributed by atoms with E-state index in [2.05, 4.69) is 26.9 Å². The van der Waals surface area contributed by atoms with Crippen LogP contribution in [-0.2, 0) is 6.42 Å². The van der Waals surface area contributed by atoms with Gasteiger partial charge in [0.15, 0.2) is 17.5 Å². The first-order valence-corrected chi connectivity index (χ1v) is 9.81. The smallest absolute Gasteiger partial charge is 0.387 e. The lowest BCUT2D eigenvalue weighted by Gasteiger charge is -2.34. The van der Waals surface area contributed by atoms with E-state index in [-0.39, 0.29) is 29.7 Å². The van der Waals surface area contributed by atoms with Crippen molar-refractivity contribution in [2.75, 3.05) is 39.5 Å². The van der Waals surface area contributed by atoms with Gasteiger partial charge in [0.25, 0.3) is 0 Å². The Labute approximate surface area is 181 Å². The van der Waals surface area contributed by atoms with Gasteiger partial charge in [0, 0.05) is 37.7 Å². The standard InChI is InChI=1S/C18H27F2N3O2S.HI/c1-4-14-12-23(9-10-26-14)18(21-2)22-8-7-13-5-6-15(24-3)16(11-13)25-17(19)20;/h5-6,11,14,17H,4,7-10,12H2,1-3H3,(H,21,22);1H. The average Bonchev–Trinajstić information content (AvgIpc) is 2.65. The summed E-state index contributed by atoms with van der Waals surface area (Å²) in [5, 5.41) is 4.00. The second-order valence-electron chi connectivity index (χ2n) is 5.93. The van der Waals surface area contributed by atoms with Crippen LogP contribution < -0.4 is 14.8 Å². The Morgan fingerprint density at radius 3 is 2.81 bits per heavy atom. The molecule has 0 aromatic heterocycles. The molecule has 1 unspecified atom stereocenters. The molecule has 1 fully saturated rings. The van der Waals surface area contributed by atoms with Crippen LogP contribution >= 0.6 is 35.7 Å². The molecule has 1 aromatic rings. The predicted octanol–water partition coefficient (Wildman–Crippen LogP) is 3.86. The summed E-state index contributed by atoms with van der Waals surface area (Å²) in [6.07, 6.45) is 1.82. The molecule has 1 aromatic carbocycles. The SMILES string of the molecule is CCC1CN(C(=NC)NCCc2ccc(OC)c(OC(F)F)c2)CCS1.I. The molecule has 0 saturated carbocycles. The van der Waals surface area contributed by atoms with Crippen LogP contribution in [0.2, 0.25) is 0 Å². The fourth-order valence-corrected chi connectivity index (χ4v) is 4.05. The number of alkyl halides is 2. The molecule has 5 nitrogen and oxygen atoms in total. The highest BCUT2D eigenvalue weighted by molar-refractivity contribution is 14.0. The Kier molecular flexibility index (Phi) is 11.1. The van der Waals surface area contributed by atoms with Crippen LogP contribution in [0.5, 0.6) is 11.5 Å². The van der Waals surface area contributed by atoms with Crippen molar-refractivity contribution < 1.29 is 18.3 Å². The van der Waals surface area contributed by atoms with Crippen LogP contribution in [0.4, 0.5) is 8.78 Å². The van der Waals surface area contributed by atoms with Crippen molar-refractivity contribution in [1.82, 2.24) is 10.2 Å². The van der Waals surface area contributed by atoms with Crippen molar-refractivity contribution in [3.8, 4) is 11.5 Å². The van der Waals surface area contributed by atoms with Gasteiger partial charge in [-0.2, -0.15) is 20.5 Å². The number of aliphatic imine (C=N–C) groups is 1. The lowest BCUT2D eigenvalue weighted by atomic mass is 10.1. The number of thioether (sulfide) groups is 1. The Morgan fingerprint density at radius 1 is 1.41 bits per heavy atom. The molecule has 0 bridgehead atoms. The maximum atomic E-state index is 12.5. The van der Waals surface area contributed by atoms with Crippen LogP contribution in [0.3, 0.4) is 0 Å². The Bertz CT molecular complexity index is 608. The molecule has 0 amide bonds. The first-order valence-electron chi connectivity index (χ1n) is 8.76. The third kappa shape index (κ3) is 7.52. The highest BCUT2D eigenvalue weighted by atomic mass is 127. The number of hydrogen-bond donors (Lipinski definition) is 1. The van der Waals surface area contributed by atoms with E-state index in [0.717, 1.165) is 36.8 Å². The van der Waals surface area contributed by atoms with Crippen molar-refractivity contribution in [3.05, 3.63) is 23.8 Å². The van der Waals surface area contributed by atoms with Gasteiger partial charge in [-0.1, -0.05) is 13.0 Å². The Morgan fingerprint density at radius 2 is 2.19 bits per heavy atom. The maximum Gasteiger partial charge on any atom is 0.387 e. The number of rotatable bonds is 7. The van der Waals surface area contributed by atoms with Gasteiger partial charge in [0.1, 0.15) is 0 Å². The van der Waals surface area contributed by atoms with Gasteiger partial charge < -0.3 is 19.7 Å². The minimum atomic E-state index is -2.88. The summed E-state index contributed by atoms with van der Waals surface area (Å²) in [6.45, 7) is 1.97. The number of halogens is 3. The third-order valence-corrected chi connectivity index (χ3v) is 5.62. The molecule has 1 atom stereocenters. The van der Waals surface area contributed by atoms with Gasteiger partial charge in [-0.25, -0.2) is 0 Å². The average molecular weight is 515 g/mol. The lowest BCUT2D eigenvalue weighted by molar-refractivity contribution is -0.0512. The zero-order valence-corrected chi connectivity index (χ0v) is 19.1. The fourth-order valence-electron chi connectivity index (χ4n) is 2.87. The molecule has 1 N–H and O–H groups in total. The zero-order valence-electron chi connectivity index (χ0n) is 15.9. The Hall–Kier alpha value is -0.970. The largest absolute Gasteiger partial charge is 0.493 e. The van der Waals surface area contributed by atoms with Gasteiger partial charge in [-0.15, -0.1) is 24.0 Å². The van der Waals surface area contributed by atoms with Crippen molar-refractivity contribution in [2.24, 2.45) is 4.99 Å². The molecule has 2 rings (SSSR count). The quantitative estimate of drug-likeness (QED) is 0.340. The summed E-state index contributed by atoms with van der Waals surface area (Å²) in [4.78, 5) is 6.66. The van der Waals surface area contributed by atoms with Gasteiger partial charge in [-0.05, 0) is 30.5 Å². The van der Waals surface area contributed by atoms with E-state index >= 15 is 0 Å². The number of nitrogens with zero attached hydrogens (tertiary/aromatic N) is 2. The molecule has 154 valence electrons. The molecule has 1 aliphatic heterocycles. The van der Waals surface area contributed by atoms with Crippen molar-refractivity contribution in [2.45, 2.75) is 31.6 Å². The second kappa shape index (κ2) is 12.5. The van der Waals surface area contributed by atoms with E-state index in [1.54, 1.807) is 19.2 Å². The van der Waals surface area contributed by atoms with E-state index in [1.807, 2.05) is 17.8 Å². The van der Waals surface area contributed by atoms with Crippen LogP contribution in [-0.4, -0.2) is 62.3 Å². The third-order valence-electron chi connectivity index (χ3n) is 4.25. The highest BCUT2D eigenvalue weighted by Gasteiger charge is 2.21. The summed E-state index contributed by atoms with van der Waals surface area (Å²) in [5.41, 5.74) is 0.894. The summed E-state index contributed by atoms with van der Waals surface area (Å²) in [7, 11) is 3.21. The molecule has 1 saturated heterocycles. The van der Waals surface area contributed by atoms with E-state index in [9.17, 15) is 8.78 Å². The topological polar surface area (TPSA) is 46.1 Å². The van der Waals surface area contributed by atoms with Crippen LogP contribution in [0.15, 0.2) is 23.2 Å². The number of ether oxygens (including phenoxy) is 2. The van der Waals surface area contributed by atoms with Gasteiger partial charge in [0.2, 0.25) is 0 Å². The van der Waals surface area contributed by atoms with Gasteiger partial charge in [0.05, 0.1) is 7.11 Å². The van der Waals surface area contributed by atoms with Crippen molar-refractivity contribution in [3.63, 3.8) is 0 Å². The van der Waals surface area contributed by atoms with Crippen LogP contribution in [0.25, 0.3) is 0 Å². The maximum absolute atomic E-state index is 12.5. The van der Waals surface area contributed by atoms with Crippen molar-refractivity contribution >= 4 is 41.7 Å². The first kappa shape index (κ1) is 24.1. The van der Waals surface area contributed by atoms with E-state index in [4.69, 9.17) is 4.74 Å². The van der Waals surface area contributed by atoms with Gasteiger partial charge in [-0.3, -0.25) is 4.99 Å². The number of nitrogens with one attached hydrogen (secondary N) is 1. The molecular weight excluding hydrogens is 487 g/mol. The summed E-state index contributed by atoms with van der Waals surface area (Å²) >= 11 is 2.01. The number of hydrogen-bond acceptors (Lipinski definition) is 4.